The second-order valence-corrected chi connectivity index (χ2v) is 9.35. The number of nitrogens with zero attached hydrogens (tertiary/aromatic N) is 2. The van der Waals surface area contributed by atoms with E-state index in [9.17, 15) is 23.3 Å². The fourth-order valence-corrected chi connectivity index (χ4v) is 5.08. The lowest BCUT2D eigenvalue weighted by Crippen LogP contribution is -2.40. The Morgan fingerprint density at radius 2 is 1.84 bits per heavy atom. The zero-order chi connectivity index (χ0) is 23.0. The van der Waals surface area contributed by atoms with Crippen LogP contribution in [-0.2, 0) is 14.8 Å². The summed E-state index contributed by atoms with van der Waals surface area (Å²) in [7, 11) is -4.13. The molecule has 10 nitrogen and oxygen atoms in total. The lowest BCUT2D eigenvalue weighted by molar-refractivity contribution is -0.385. The Bertz CT molecular complexity index is 1380. The van der Waals surface area contributed by atoms with E-state index in [1.54, 1.807) is 6.92 Å². The molecule has 1 aliphatic rings. The number of aryl methyl sites for hydroxylation is 1. The number of fused-ring (bicyclic) bond motifs is 1. The van der Waals surface area contributed by atoms with Crippen LogP contribution in [0.3, 0.4) is 0 Å². The van der Waals surface area contributed by atoms with Gasteiger partial charge in [0, 0.05) is 42.7 Å². The van der Waals surface area contributed by atoms with E-state index in [4.69, 9.17) is 25.5 Å². The van der Waals surface area contributed by atoms with Gasteiger partial charge in [0.15, 0.2) is 0 Å². The summed E-state index contributed by atoms with van der Waals surface area (Å²) < 4.78 is 43.8. The number of morpholine rings is 1. The molecule has 0 saturated carbocycles. The van der Waals surface area contributed by atoms with Crippen molar-refractivity contribution in [2.75, 3.05) is 26.3 Å². The average molecular weight is 481 g/mol. The highest BCUT2D eigenvalue weighted by Crippen LogP contribution is 2.38. The molecule has 32 heavy (non-hydrogen) atoms. The maximum absolute atomic E-state index is 13.2. The molecule has 12 heteroatoms. The topological polar surface area (TPSA) is 129 Å². The van der Waals surface area contributed by atoms with E-state index in [2.05, 4.69) is 0 Å². The lowest BCUT2D eigenvalue weighted by atomic mass is 10.1. The second-order valence-electron chi connectivity index (χ2n) is 7.03. The molecular formula is C20H17ClN2O8S. The summed E-state index contributed by atoms with van der Waals surface area (Å²) in [6.45, 7) is 2.34. The maximum atomic E-state index is 13.2. The van der Waals surface area contributed by atoms with Crippen molar-refractivity contribution < 1.29 is 27.2 Å². The largest absolute Gasteiger partial charge is 0.454 e. The standard InChI is InChI=1S/C20H17ClN2O8S/c1-12-8-20(24)31-17-11-18(15(21)10-14(12)17)30-16-3-2-13(23(25)26)9-19(16)32(27,28)22-4-6-29-7-5-22/h2-3,8-11H,4-7H2,1H3. The minimum absolute atomic E-state index is 0.0280. The van der Waals surface area contributed by atoms with Crippen LogP contribution in [0.25, 0.3) is 11.0 Å². The van der Waals surface area contributed by atoms with E-state index in [1.807, 2.05) is 0 Å². The van der Waals surface area contributed by atoms with Gasteiger partial charge in [-0.3, -0.25) is 10.1 Å². The predicted molar refractivity (Wildman–Crippen MR) is 115 cm³/mol. The third kappa shape index (κ3) is 4.19. The Balaban J connectivity index is 1.83. The fourth-order valence-electron chi connectivity index (χ4n) is 3.34. The molecule has 0 aliphatic carbocycles. The van der Waals surface area contributed by atoms with Gasteiger partial charge in [-0.2, -0.15) is 4.31 Å². The number of nitro groups is 1. The van der Waals surface area contributed by atoms with Gasteiger partial charge in [0.05, 0.1) is 23.2 Å². The molecular weight excluding hydrogens is 464 g/mol. The molecule has 0 atom stereocenters. The third-order valence-electron chi connectivity index (χ3n) is 4.95. The quantitative estimate of drug-likeness (QED) is 0.308. The van der Waals surface area contributed by atoms with Crippen molar-refractivity contribution in [1.29, 1.82) is 0 Å². The molecule has 4 rings (SSSR count). The van der Waals surface area contributed by atoms with E-state index in [0.717, 1.165) is 12.1 Å². The summed E-state index contributed by atoms with van der Waals surface area (Å²) in [5.74, 6) is -0.126. The summed E-state index contributed by atoms with van der Waals surface area (Å²) in [6.07, 6.45) is 0. The zero-order valence-electron chi connectivity index (χ0n) is 16.7. The molecule has 0 radical (unpaired) electrons. The summed E-state index contributed by atoms with van der Waals surface area (Å²) in [4.78, 5) is 21.9. The van der Waals surface area contributed by atoms with Crippen LogP contribution in [0.4, 0.5) is 5.69 Å². The first-order valence-electron chi connectivity index (χ1n) is 9.45. The summed E-state index contributed by atoms with van der Waals surface area (Å²) in [6, 6.07) is 7.50. The van der Waals surface area contributed by atoms with E-state index in [1.165, 1.54) is 28.6 Å². The van der Waals surface area contributed by atoms with E-state index >= 15 is 0 Å². The van der Waals surface area contributed by atoms with Crippen LogP contribution in [0, 0.1) is 17.0 Å². The van der Waals surface area contributed by atoms with Crippen LogP contribution in [-0.4, -0.2) is 43.9 Å². The molecule has 0 unspecified atom stereocenters. The average Bonchev–Trinajstić information content (AvgIpc) is 2.75. The molecule has 0 amide bonds. The number of benzene rings is 2. The third-order valence-corrected chi connectivity index (χ3v) is 7.16. The molecule has 1 aliphatic heterocycles. The van der Waals surface area contributed by atoms with Crippen LogP contribution in [0.15, 0.2) is 50.5 Å². The molecule has 0 bridgehead atoms. The molecule has 0 spiro atoms. The second kappa shape index (κ2) is 8.51. The first-order valence-corrected chi connectivity index (χ1v) is 11.3. The molecule has 2 heterocycles. The molecule has 0 N–H and O–H groups in total. The van der Waals surface area contributed by atoms with Crippen molar-refractivity contribution >= 4 is 38.3 Å². The number of rotatable bonds is 5. The highest BCUT2D eigenvalue weighted by atomic mass is 35.5. The predicted octanol–water partition coefficient (Wildman–Crippen LogP) is 3.48. The van der Waals surface area contributed by atoms with E-state index in [0.29, 0.717) is 10.9 Å². The van der Waals surface area contributed by atoms with Crippen molar-refractivity contribution in [3.8, 4) is 11.5 Å². The molecule has 168 valence electrons. The van der Waals surface area contributed by atoms with Gasteiger partial charge in [-0.1, -0.05) is 11.6 Å². The SMILES string of the molecule is Cc1cc(=O)oc2cc(Oc3ccc([N+](=O)[O-])cc3S(=O)(=O)N3CCOCC3)c(Cl)cc12. The first-order chi connectivity index (χ1) is 15.2. The van der Waals surface area contributed by atoms with Crippen LogP contribution in [0.2, 0.25) is 5.02 Å². The Hall–Kier alpha value is -2.99. The Morgan fingerprint density at radius 3 is 2.53 bits per heavy atom. The first kappa shape index (κ1) is 22.2. The van der Waals surface area contributed by atoms with Gasteiger partial charge in [0.1, 0.15) is 22.0 Å². The Morgan fingerprint density at radius 1 is 1.12 bits per heavy atom. The maximum Gasteiger partial charge on any atom is 0.336 e. The Labute approximate surface area is 187 Å². The van der Waals surface area contributed by atoms with Gasteiger partial charge in [-0.25, -0.2) is 13.2 Å². The van der Waals surface area contributed by atoms with Crippen LogP contribution in [0.5, 0.6) is 11.5 Å². The van der Waals surface area contributed by atoms with Crippen molar-refractivity contribution in [2.45, 2.75) is 11.8 Å². The van der Waals surface area contributed by atoms with Crippen molar-refractivity contribution in [3.63, 3.8) is 0 Å². The van der Waals surface area contributed by atoms with Crippen molar-refractivity contribution in [3.05, 3.63) is 67.5 Å². The molecule has 1 saturated heterocycles. The zero-order valence-corrected chi connectivity index (χ0v) is 18.3. The molecule has 3 aromatic rings. The molecule has 2 aromatic carbocycles. The van der Waals surface area contributed by atoms with Crippen molar-refractivity contribution in [2.24, 2.45) is 0 Å². The highest BCUT2D eigenvalue weighted by Gasteiger charge is 2.31. The van der Waals surface area contributed by atoms with Gasteiger partial charge in [-0.15, -0.1) is 0 Å². The van der Waals surface area contributed by atoms with Gasteiger partial charge >= 0.3 is 5.63 Å². The highest BCUT2D eigenvalue weighted by molar-refractivity contribution is 7.89. The van der Waals surface area contributed by atoms with Crippen molar-refractivity contribution in [1.82, 2.24) is 4.31 Å². The number of hydrogen-bond donors (Lipinski definition) is 0. The van der Waals surface area contributed by atoms with Gasteiger partial charge in [0.2, 0.25) is 10.0 Å². The van der Waals surface area contributed by atoms with Gasteiger partial charge < -0.3 is 13.9 Å². The summed E-state index contributed by atoms with van der Waals surface area (Å²) >= 11 is 6.33. The number of non-ortho nitro benzene ring substituents is 1. The lowest BCUT2D eigenvalue weighted by Gasteiger charge is -2.26. The van der Waals surface area contributed by atoms with E-state index in [-0.39, 0.29) is 53.3 Å². The number of hydrogen-bond acceptors (Lipinski definition) is 8. The van der Waals surface area contributed by atoms with Gasteiger partial charge in [-0.05, 0) is 24.6 Å². The number of ether oxygens (including phenoxy) is 2. The summed E-state index contributed by atoms with van der Waals surface area (Å²) in [5, 5.41) is 12.0. The monoisotopic (exact) mass is 480 g/mol. The minimum Gasteiger partial charge on any atom is -0.454 e. The van der Waals surface area contributed by atoms with Crippen LogP contribution < -0.4 is 10.4 Å². The van der Waals surface area contributed by atoms with Gasteiger partial charge in [0.25, 0.3) is 5.69 Å². The summed E-state index contributed by atoms with van der Waals surface area (Å²) in [5.41, 5.74) is -0.117. The normalized spacial score (nSPS) is 15.1. The smallest absolute Gasteiger partial charge is 0.336 e. The minimum atomic E-state index is -4.13. The number of sulfonamides is 1. The fraction of sp³-hybridized carbons (Fsp3) is 0.250. The van der Waals surface area contributed by atoms with E-state index < -0.39 is 26.3 Å². The molecule has 1 fully saturated rings. The number of halogens is 1. The Kier molecular flexibility index (Phi) is 5.91. The van der Waals surface area contributed by atoms with Crippen LogP contribution in [0.1, 0.15) is 5.56 Å². The molecule has 1 aromatic heterocycles. The van der Waals surface area contributed by atoms with Crippen LogP contribution >= 0.6 is 11.6 Å². The number of nitro benzene ring substituents is 1.